The Bertz CT molecular complexity index is 631. The summed E-state index contributed by atoms with van der Waals surface area (Å²) in [6, 6.07) is 4.88. The highest BCUT2D eigenvalue weighted by molar-refractivity contribution is 7.95. The Morgan fingerprint density at radius 3 is 2.74 bits per heavy atom. The van der Waals surface area contributed by atoms with Gasteiger partial charge in [-0.05, 0) is 24.5 Å². The van der Waals surface area contributed by atoms with E-state index in [1.807, 2.05) is 0 Å². The smallest absolute Gasteiger partial charge is 0.203 e. The second kappa shape index (κ2) is 4.72. The first kappa shape index (κ1) is 12.8. The van der Waals surface area contributed by atoms with Gasteiger partial charge < -0.3 is 5.32 Å². The molecule has 102 valence electrons. The van der Waals surface area contributed by atoms with E-state index >= 15 is 0 Å². The molecule has 1 aliphatic heterocycles. The zero-order chi connectivity index (χ0) is 13.5. The van der Waals surface area contributed by atoms with E-state index in [0.29, 0.717) is 23.7 Å². The third-order valence-corrected chi connectivity index (χ3v) is 5.41. The minimum Gasteiger partial charge on any atom is -0.310 e. The highest BCUT2D eigenvalue weighted by atomic mass is 32.2. The number of hydrogen-bond donors (Lipinski definition) is 1. The summed E-state index contributed by atoms with van der Waals surface area (Å²) in [7, 11) is -3.61. The average molecular weight is 281 g/mol. The van der Waals surface area contributed by atoms with Crippen molar-refractivity contribution in [1.82, 2.24) is 5.32 Å². The zero-order valence-electron chi connectivity index (χ0n) is 10.5. The molecule has 0 aromatic heterocycles. The van der Waals surface area contributed by atoms with Gasteiger partial charge in [0.15, 0.2) is 0 Å². The molecule has 0 radical (unpaired) electrons. The summed E-state index contributed by atoms with van der Waals surface area (Å²) in [4.78, 5) is -0.168. The molecule has 0 unspecified atom stereocenters. The van der Waals surface area contributed by atoms with E-state index < -0.39 is 15.7 Å². The fourth-order valence-electron chi connectivity index (χ4n) is 2.88. The van der Waals surface area contributed by atoms with Gasteiger partial charge in [-0.3, -0.25) is 0 Å². The molecule has 0 amide bonds. The summed E-state index contributed by atoms with van der Waals surface area (Å²) in [5, 5.41) is 4.56. The number of nitrogens with one attached hydrogen (secondary N) is 1. The highest BCUT2D eigenvalue weighted by Crippen LogP contribution is 2.34. The Balaban J connectivity index is 1.86. The first-order chi connectivity index (χ1) is 9.08. The Hall–Kier alpha value is -1.20. The quantitative estimate of drug-likeness (QED) is 0.926. The van der Waals surface area contributed by atoms with Crippen molar-refractivity contribution in [2.24, 2.45) is 0 Å². The lowest BCUT2D eigenvalue weighted by molar-refractivity contribution is 0.559. The largest absolute Gasteiger partial charge is 0.310 e. The van der Waals surface area contributed by atoms with Crippen LogP contribution in [0.15, 0.2) is 28.5 Å². The summed E-state index contributed by atoms with van der Waals surface area (Å²) >= 11 is 0. The van der Waals surface area contributed by atoms with E-state index in [4.69, 9.17) is 0 Å². The van der Waals surface area contributed by atoms with Crippen molar-refractivity contribution in [3.8, 4) is 0 Å². The van der Waals surface area contributed by atoms with Gasteiger partial charge in [-0.2, -0.15) is 0 Å². The van der Waals surface area contributed by atoms with Gasteiger partial charge in [0, 0.05) is 23.6 Å². The molecule has 5 heteroatoms. The number of fused-ring (bicyclic) bond motifs is 1. The summed E-state index contributed by atoms with van der Waals surface area (Å²) in [6.45, 7) is 0.486. The summed E-state index contributed by atoms with van der Waals surface area (Å²) in [6.07, 6.45) is 4.71. The van der Waals surface area contributed by atoms with Crippen molar-refractivity contribution in [3.05, 3.63) is 35.0 Å². The van der Waals surface area contributed by atoms with Crippen molar-refractivity contribution < 1.29 is 12.8 Å². The summed E-state index contributed by atoms with van der Waals surface area (Å²) < 4.78 is 37.5. The fourth-order valence-corrected chi connectivity index (χ4v) is 4.43. The van der Waals surface area contributed by atoms with E-state index in [-0.39, 0.29) is 4.90 Å². The average Bonchev–Trinajstić information content (AvgIpc) is 2.94. The number of halogens is 1. The second-order valence-corrected chi connectivity index (χ2v) is 6.90. The van der Waals surface area contributed by atoms with E-state index in [9.17, 15) is 12.8 Å². The van der Waals surface area contributed by atoms with E-state index in [1.165, 1.54) is 24.3 Å². The van der Waals surface area contributed by atoms with Crippen LogP contribution in [0.3, 0.4) is 0 Å². The number of hydrogen-bond acceptors (Lipinski definition) is 3. The first-order valence-electron chi connectivity index (χ1n) is 6.56. The van der Waals surface area contributed by atoms with Crippen LogP contribution in [0, 0.1) is 5.82 Å². The predicted octanol–water partition coefficient (Wildman–Crippen LogP) is 2.49. The Labute approximate surface area is 112 Å². The second-order valence-electron chi connectivity index (χ2n) is 5.17. The molecular weight excluding hydrogens is 265 g/mol. The molecule has 1 aromatic rings. The molecule has 1 saturated carbocycles. The van der Waals surface area contributed by atoms with Crippen molar-refractivity contribution in [3.63, 3.8) is 0 Å². The SMILES string of the molecule is O=S1(=O)C=C(CNC2CCCC2)c2cccc(F)c21. The monoisotopic (exact) mass is 281 g/mol. The van der Waals surface area contributed by atoms with Crippen molar-refractivity contribution in [1.29, 1.82) is 0 Å². The number of benzene rings is 1. The number of sulfone groups is 1. The van der Waals surface area contributed by atoms with Crippen LogP contribution in [0.25, 0.3) is 5.57 Å². The third kappa shape index (κ3) is 2.32. The molecule has 3 nitrogen and oxygen atoms in total. The molecule has 19 heavy (non-hydrogen) atoms. The van der Waals surface area contributed by atoms with Crippen LogP contribution < -0.4 is 5.32 Å². The van der Waals surface area contributed by atoms with Gasteiger partial charge >= 0.3 is 0 Å². The van der Waals surface area contributed by atoms with Crippen LogP contribution in [0.1, 0.15) is 31.2 Å². The number of rotatable bonds is 3. The molecule has 3 rings (SSSR count). The van der Waals surface area contributed by atoms with E-state index in [1.54, 1.807) is 12.1 Å². The van der Waals surface area contributed by atoms with Gasteiger partial charge in [0.1, 0.15) is 10.7 Å². The zero-order valence-corrected chi connectivity index (χ0v) is 11.3. The fraction of sp³-hybridized carbons (Fsp3) is 0.429. The highest BCUT2D eigenvalue weighted by Gasteiger charge is 2.30. The van der Waals surface area contributed by atoms with Crippen molar-refractivity contribution >= 4 is 15.4 Å². The Morgan fingerprint density at radius 1 is 1.26 bits per heavy atom. The van der Waals surface area contributed by atoms with Crippen LogP contribution in [-0.2, 0) is 9.84 Å². The lowest BCUT2D eigenvalue weighted by atomic mass is 10.1. The normalized spacial score (nSPS) is 21.4. The maximum absolute atomic E-state index is 13.7. The van der Waals surface area contributed by atoms with Gasteiger partial charge in [-0.25, -0.2) is 12.8 Å². The minimum absolute atomic E-state index is 0.168. The lowest BCUT2D eigenvalue weighted by Gasteiger charge is -2.12. The van der Waals surface area contributed by atoms with Gasteiger partial charge in [0.05, 0.1) is 0 Å². The molecule has 0 spiro atoms. The first-order valence-corrected chi connectivity index (χ1v) is 8.10. The topological polar surface area (TPSA) is 46.2 Å². The third-order valence-electron chi connectivity index (χ3n) is 3.83. The van der Waals surface area contributed by atoms with Crippen molar-refractivity contribution in [2.45, 2.75) is 36.6 Å². The van der Waals surface area contributed by atoms with Crippen LogP contribution >= 0.6 is 0 Å². The van der Waals surface area contributed by atoms with Gasteiger partial charge in [-0.1, -0.05) is 25.0 Å². The molecule has 1 aromatic carbocycles. The molecule has 1 heterocycles. The molecule has 0 bridgehead atoms. The molecule has 1 fully saturated rings. The molecule has 2 aliphatic rings. The lowest BCUT2D eigenvalue weighted by Crippen LogP contribution is -2.27. The summed E-state index contributed by atoms with van der Waals surface area (Å²) in [5.41, 5.74) is 1.17. The van der Waals surface area contributed by atoms with Crippen LogP contribution in [0.5, 0.6) is 0 Å². The molecule has 1 N–H and O–H groups in total. The van der Waals surface area contributed by atoms with Gasteiger partial charge in [0.2, 0.25) is 9.84 Å². The maximum atomic E-state index is 13.7. The standard InChI is InChI=1S/C14H16FNO2S/c15-13-7-3-6-12-10(9-19(17,18)14(12)13)8-16-11-4-1-2-5-11/h3,6-7,9,11,16H,1-2,4-5,8H2. The van der Waals surface area contributed by atoms with Crippen molar-refractivity contribution in [2.75, 3.05) is 6.54 Å². The van der Waals surface area contributed by atoms with Gasteiger partial charge in [0.25, 0.3) is 0 Å². The predicted molar refractivity (Wildman–Crippen MR) is 71.8 cm³/mol. The Kier molecular flexibility index (Phi) is 3.19. The van der Waals surface area contributed by atoms with Crippen LogP contribution in [-0.4, -0.2) is 21.0 Å². The molecule has 0 atom stereocenters. The Morgan fingerprint density at radius 2 is 2.00 bits per heavy atom. The van der Waals surface area contributed by atoms with E-state index in [0.717, 1.165) is 12.8 Å². The van der Waals surface area contributed by atoms with Crippen LogP contribution in [0.2, 0.25) is 0 Å². The van der Waals surface area contributed by atoms with Gasteiger partial charge in [-0.15, -0.1) is 0 Å². The molecule has 1 aliphatic carbocycles. The molecular formula is C14H16FNO2S. The molecule has 0 saturated heterocycles. The minimum atomic E-state index is -3.61. The van der Waals surface area contributed by atoms with Crippen LogP contribution in [0.4, 0.5) is 4.39 Å². The summed E-state index contributed by atoms with van der Waals surface area (Å²) in [5.74, 6) is -0.662. The van der Waals surface area contributed by atoms with E-state index in [2.05, 4.69) is 5.32 Å². The maximum Gasteiger partial charge on any atom is 0.203 e.